The van der Waals surface area contributed by atoms with Crippen LogP contribution in [0.15, 0.2) is 40.9 Å². The zero-order chi connectivity index (χ0) is 15.2. The molecule has 0 heterocycles. The van der Waals surface area contributed by atoms with Gasteiger partial charge in [0.05, 0.1) is 5.56 Å². The van der Waals surface area contributed by atoms with Crippen LogP contribution in [0.25, 0.3) is 0 Å². The van der Waals surface area contributed by atoms with Crippen LogP contribution in [0.2, 0.25) is 0 Å². The smallest absolute Gasteiger partial charge is 0.142 e. The molecule has 3 heteroatoms. The summed E-state index contributed by atoms with van der Waals surface area (Å²) in [7, 11) is 0. The highest BCUT2D eigenvalue weighted by molar-refractivity contribution is 9.10. The van der Waals surface area contributed by atoms with Gasteiger partial charge in [-0.3, -0.25) is 0 Å². The van der Waals surface area contributed by atoms with Crippen LogP contribution in [0.3, 0.4) is 0 Å². The molecule has 0 aliphatic heterocycles. The van der Waals surface area contributed by atoms with Crippen molar-refractivity contribution in [3.05, 3.63) is 69.2 Å². The molecular weight excluding hydrogens is 334 g/mol. The summed E-state index contributed by atoms with van der Waals surface area (Å²) in [4.78, 5) is 0. The monoisotopic (exact) mass is 348 g/mol. The maximum absolute atomic E-state index is 14.0. The molecule has 21 heavy (non-hydrogen) atoms. The summed E-state index contributed by atoms with van der Waals surface area (Å²) in [6.07, 6.45) is 2.60. The van der Waals surface area contributed by atoms with Crippen LogP contribution in [0.4, 0.5) is 8.78 Å². The maximum Gasteiger partial charge on any atom is 0.142 e. The summed E-state index contributed by atoms with van der Waals surface area (Å²) in [5.41, 5.74) is 1.23. The van der Waals surface area contributed by atoms with Gasteiger partial charge in [-0.25, -0.2) is 8.78 Å². The lowest BCUT2D eigenvalue weighted by Gasteiger charge is -2.03. The Morgan fingerprint density at radius 3 is 2.19 bits per heavy atom. The van der Waals surface area contributed by atoms with Crippen molar-refractivity contribution in [2.45, 2.75) is 26.2 Å². The third-order valence-electron chi connectivity index (χ3n) is 3.10. The Balaban J connectivity index is 2.26. The minimum absolute atomic E-state index is 0.168. The molecule has 0 spiro atoms. The highest BCUT2D eigenvalue weighted by Crippen LogP contribution is 2.17. The van der Waals surface area contributed by atoms with Crippen LogP contribution in [-0.2, 0) is 6.42 Å². The van der Waals surface area contributed by atoms with Gasteiger partial charge in [0.1, 0.15) is 11.6 Å². The van der Waals surface area contributed by atoms with Crippen molar-refractivity contribution in [1.29, 1.82) is 0 Å². The molecule has 2 rings (SSSR count). The first-order valence-corrected chi connectivity index (χ1v) is 7.65. The normalized spacial score (nSPS) is 10.1. The second-order valence-corrected chi connectivity index (χ2v) is 5.71. The largest absolute Gasteiger partial charge is 0.206 e. The average molecular weight is 349 g/mol. The Labute approximate surface area is 132 Å². The predicted molar refractivity (Wildman–Crippen MR) is 85.1 cm³/mol. The van der Waals surface area contributed by atoms with Crippen molar-refractivity contribution in [3.8, 4) is 11.8 Å². The molecule has 0 aromatic heterocycles. The molecule has 0 saturated carbocycles. The first-order valence-electron chi connectivity index (χ1n) is 6.85. The Kier molecular flexibility index (Phi) is 5.52. The minimum Gasteiger partial charge on any atom is -0.206 e. The molecule has 0 aliphatic rings. The first-order chi connectivity index (χ1) is 10.1. The van der Waals surface area contributed by atoms with E-state index < -0.39 is 11.6 Å². The molecule has 2 aromatic carbocycles. The van der Waals surface area contributed by atoms with Gasteiger partial charge in [0.2, 0.25) is 0 Å². The van der Waals surface area contributed by atoms with Crippen LogP contribution in [0, 0.1) is 23.5 Å². The van der Waals surface area contributed by atoms with Crippen molar-refractivity contribution in [2.75, 3.05) is 0 Å². The molecule has 0 saturated heterocycles. The van der Waals surface area contributed by atoms with Crippen molar-refractivity contribution >= 4 is 15.9 Å². The molecule has 0 amide bonds. The van der Waals surface area contributed by atoms with E-state index in [1.54, 1.807) is 12.1 Å². The highest BCUT2D eigenvalue weighted by atomic mass is 79.9. The molecule has 0 bridgehead atoms. The number of aryl methyl sites for hydroxylation is 1. The number of halogens is 3. The third-order valence-corrected chi connectivity index (χ3v) is 3.63. The van der Waals surface area contributed by atoms with Gasteiger partial charge in [0, 0.05) is 10.0 Å². The molecule has 0 radical (unpaired) electrons. The Bertz CT molecular complexity index is 656. The van der Waals surface area contributed by atoms with E-state index in [0.717, 1.165) is 17.3 Å². The van der Waals surface area contributed by atoms with E-state index in [1.165, 1.54) is 12.1 Å². The molecule has 108 valence electrons. The Hall–Kier alpha value is -1.66. The topological polar surface area (TPSA) is 0 Å². The van der Waals surface area contributed by atoms with Crippen molar-refractivity contribution < 1.29 is 8.78 Å². The van der Waals surface area contributed by atoms with E-state index in [-0.39, 0.29) is 5.56 Å². The Morgan fingerprint density at radius 1 is 1.00 bits per heavy atom. The fourth-order valence-corrected chi connectivity index (χ4v) is 2.20. The Morgan fingerprint density at radius 2 is 1.62 bits per heavy atom. The van der Waals surface area contributed by atoms with E-state index in [1.807, 2.05) is 19.1 Å². The lowest BCUT2D eigenvalue weighted by atomic mass is 10.0. The zero-order valence-electron chi connectivity index (χ0n) is 11.7. The van der Waals surface area contributed by atoms with Gasteiger partial charge in [0.25, 0.3) is 0 Å². The number of benzene rings is 2. The molecule has 0 N–H and O–H groups in total. The van der Waals surface area contributed by atoms with Crippen LogP contribution in [0.5, 0.6) is 0 Å². The average Bonchev–Trinajstić information content (AvgIpc) is 2.46. The van der Waals surface area contributed by atoms with Crippen molar-refractivity contribution in [1.82, 2.24) is 0 Å². The second-order valence-electron chi connectivity index (χ2n) is 4.79. The van der Waals surface area contributed by atoms with E-state index in [0.29, 0.717) is 17.5 Å². The predicted octanol–water partition coefficient (Wildman–Crippen LogP) is 5.47. The van der Waals surface area contributed by atoms with Crippen molar-refractivity contribution in [2.24, 2.45) is 0 Å². The van der Waals surface area contributed by atoms with Gasteiger partial charge in [-0.05, 0) is 54.8 Å². The highest BCUT2D eigenvalue weighted by Gasteiger charge is 2.09. The molecule has 0 unspecified atom stereocenters. The van der Waals surface area contributed by atoms with Crippen LogP contribution in [0.1, 0.15) is 36.5 Å². The van der Waals surface area contributed by atoms with Crippen molar-refractivity contribution in [3.63, 3.8) is 0 Å². The fourth-order valence-electron chi connectivity index (χ4n) is 1.94. The third kappa shape index (κ3) is 4.41. The molecule has 0 aliphatic carbocycles. The molecule has 0 nitrogen and oxygen atoms in total. The van der Waals surface area contributed by atoms with Crippen LogP contribution < -0.4 is 0 Å². The van der Waals surface area contributed by atoms with Gasteiger partial charge < -0.3 is 0 Å². The number of rotatable bonds is 3. The molecular formula is C18H15BrF2. The van der Waals surface area contributed by atoms with E-state index in [2.05, 4.69) is 27.8 Å². The van der Waals surface area contributed by atoms with Crippen LogP contribution >= 0.6 is 15.9 Å². The fraction of sp³-hybridized carbons (Fsp3) is 0.222. The summed E-state index contributed by atoms with van der Waals surface area (Å²) >= 11 is 3.33. The zero-order valence-corrected chi connectivity index (χ0v) is 13.3. The lowest BCUT2D eigenvalue weighted by molar-refractivity contribution is 0.572. The second kappa shape index (κ2) is 7.38. The lowest BCUT2D eigenvalue weighted by Crippen LogP contribution is -1.95. The minimum atomic E-state index is -0.592. The van der Waals surface area contributed by atoms with E-state index in [4.69, 9.17) is 0 Å². The molecule has 2 aromatic rings. The van der Waals surface area contributed by atoms with Gasteiger partial charge in [-0.1, -0.05) is 41.1 Å². The van der Waals surface area contributed by atoms with E-state index >= 15 is 0 Å². The summed E-state index contributed by atoms with van der Waals surface area (Å²) in [6.45, 7) is 2.05. The molecule has 0 fully saturated rings. The standard InChI is InChI=1S/C18H15BrF2/c1-2-3-4-14-11-17(20)16(18(21)12-14)10-7-13-5-8-15(19)9-6-13/h5-6,8-9,11-12H,2-4H2,1H3. The van der Waals surface area contributed by atoms with Crippen LogP contribution in [-0.4, -0.2) is 0 Å². The van der Waals surface area contributed by atoms with Gasteiger partial charge in [0.15, 0.2) is 0 Å². The van der Waals surface area contributed by atoms with Gasteiger partial charge in [-0.15, -0.1) is 0 Å². The van der Waals surface area contributed by atoms with Gasteiger partial charge in [-0.2, -0.15) is 0 Å². The summed E-state index contributed by atoms with van der Waals surface area (Å²) < 4.78 is 28.8. The SMILES string of the molecule is CCCCc1cc(F)c(C#Cc2ccc(Br)cc2)c(F)c1. The first kappa shape index (κ1) is 15.7. The number of hydrogen-bond acceptors (Lipinski definition) is 0. The quantitative estimate of drug-likeness (QED) is 0.645. The summed E-state index contributed by atoms with van der Waals surface area (Å²) in [5.74, 6) is 4.18. The number of unbranched alkanes of at least 4 members (excludes halogenated alkanes) is 1. The summed E-state index contributed by atoms with van der Waals surface area (Å²) in [5, 5.41) is 0. The van der Waals surface area contributed by atoms with Gasteiger partial charge >= 0.3 is 0 Å². The van der Waals surface area contributed by atoms with E-state index in [9.17, 15) is 8.78 Å². The molecule has 0 atom stereocenters. The number of hydrogen-bond donors (Lipinski definition) is 0. The maximum atomic E-state index is 14.0. The summed E-state index contributed by atoms with van der Waals surface area (Å²) in [6, 6.07) is 10.0.